The number of nitrogens with zero attached hydrogens (tertiary/aromatic N) is 1. The number of hydrogen-bond donors (Lipinski definition) is 1. The van der Waals surface area contributed by atoms with Gasteiger partial charge in [-0.05, 0) is 24.1 Å². The molecule has 1 aliphatic rings. The minimum atomic E-state index is -4.65. The van der Waals surface area contributed by atoms with Crippen LogP contribution in [0.15, 0.2) is 18.2 Å². The van der Waals surface area contributed by atoms with Gasteiger partial charge in [-0.15, -0.1) is 0 Å². The van der Waals surface area contributed by atoms with Crippen molar-refractivity contribution in [1.82, 2.24) is 10.2 Å². The Labute approximate surface area is 140 Å². The second kappa shape index (κ2) is 7.49. The average Bonchev–Trinajstić information content (AvgIpc) is 2.47. The van der Waals surface area contributed by atoms with Gasteiger partial charge in [0.15, 0.2) is 0 Å². The molecule has 1 fully saturated rings. The molecule has 0 radical (unpaired) electrons. The van der Waals surface area contributed by atoms with Gasteiger partial charge in [0, 0.05) is 38.6 Å². The molecule has 136 valence electrons. The van der Waals surface area contributed by atoms with Crippen molar-refractivity contribution in [2.24, 2.45) is 0 Å². The molecule has 0 spiro atoms. The van der Waals surface area contributed by atoms with E-state index in [4.69, 9.17) is 11.6 Å². The molecule has 9 heteroatoms. The van der Waals surface area contributed by atoms with E-state index in [9.17, 15) is 26.3 Å². The highest BCUT2D eigenvalue weighted by Crippen LogP contribution is 2.38. The molecule has 0 bridgehead atoms. The van der Waals surface area contributed by atoms with E-state index < -0.39 is 35.4 Å². The van der Waals surface area contributed by atoms with Crippen LogP contribution in [0.25, 0.3) is 0 Å². The Morgan fingerprint density at radius 2 is 1.71 bits per heavy atom. The second-order valence-electron chi connectivity index (χ2n) is 5.69. The van der Waals surface area contributed by atoms with Crippen molar-refractivity contribution >= 4 is 11.6 Å². The lowest BCUT2D eigenvalue weighted by atomic mass is 9.97. The molecule has 0 saturated carbocycles. The predicted octanol–water partition coefficient (Wildman–Crippen LogP) is 4.65. The molecule has 0 unspecified atom stereocenters. The summed E-state index contributed by atoms with van der Waals surface area (Å²) in [5.74, 6) is 0. The number of nitrogens with one attached hydrogen (secondary N) is 1. The van der Waals surface area contributed by atoms with Crippen molar-refractivity contribution in [2.75, 3.05) is 26.2 Å². The molecular weight excluding hydrogens is 358 g/mol. The fraction of sp³-hybridized carbons (Fsp3) is 0.600. The Kier molecular flexibility index (Phi) is 6.04. The zero-order valence-corrected chi connectivity index (χ0v) is 13.4. The summed E-state index contributed by atoms with van der Waals surface area (Å²) in [6.45, 7) is 2.13. The van der Waals surface area contributed by atoms with Gasteiger partial charge in [0.2, 0.25) is 0 Å². The van der Waals surface area contributed by atoms with Crippen LogP contribution in [0, 0.1) is 0 Å². The van der Waals surface area contributed by atoms with Crippen LogP contribution in [-0.2, 0) is 6.18 Å². The van der Waals surface area contributed by atoms with Crippen molar-refractivity contribution < 1.29 is 26.3 Å². The normalized spacial score (nSPS) is 18.6. The Morgan fingerprint density at radius 3 is 2.25 bits per heavy atom. The molecular formula is C15H17ClF6N2. The molecule has 1 N–H and O–H groups in total. The van der Waals surface area contributed by atoms with Gasteiger partial charge in [-0.25, -0.2) is 0 Å². The standard InChI is InChI=1S/C15H17ClF6N2/c16-12-2-1-10(9-11(12)15(20,21)22)13(3-4-14(17,18)19)24-7-5-23-6-8-24/h1-2,9,13,23H,3-8H2/t13-/m0/s1. The molecule has 1 heterocycles. The zero-order valence-electron chi connectivity index (χ0n) is 12.6. The molecule has 0 aliphatic carbocycles. The van der Waals surface area contributed by atoms with Gasteiger partial charge in [0.25, 0.3) is 0 Å². The Bertz CT molecular complexity index is 552. The van der Waals surface area contributed by atoms with Crippen LogP contribution in [0.4, 0.5) is 26.3 Å². The minimum Gasteiger partial charge on any atom is -0.314 e. The van der Waals surface area contributed by atoms with E-state index in [-0.39, 0.29) is 12.0 Å². The lowest BCUT2D eigenvalue weighted by Gasteiger charge is -2.35. The third kappa shape index (κ3) is 5.26. The molecule has 2 nitrogen and oxygen atoms in total. The number of rotatable bonds is 4. The first kappa shape index (κ1) is 19.3. The maximum absolute atomic E-state index is 13.0. The first-order chi connectivity index (χ1) is 11.1. The quantitative estimate of drug-likeness (QED) is 0.772. The topological polar surface area (TPSA) is 15.3 Å². The smallest absolute Gasteiger partial charge is 0.314 e. The van der Waals surface area contributed by atoms with Gasteiger partial charge in [-0.1, -0.05) is 17.7 Å². The van der Waals surface area contributed by atoms with Crippen molar-refractivity contribution in [2.45, 2.75) is 31.2 Å². The fourth-order valence-electron chi connectivity index (χ4n) is 2.82. The average molecular weight is 375 g/mol. The van der Waals surface area contributed by atoms with E-state index in [2.05, 4.69) is 5.32 Å². The minimum absolute atomic E-state index is 0.206. The Balaban J connectivity index is 2.31. The third-order valence-corrected chi connectivity index (χ3v) is 4.30. The largest absolute Gasteiger partial charge is 0.417 e. The maximum atomic E-state index is 13.0. The van der Waals surface area contributed by atoms with E-state index in [0.29, 0.717) is 26.2 Å². The van der Waals surface area contributed by atoms with Gasteiger partial charge in [-0.2, -0.15) is 26.3 Å². The molecule has 1 atom stereocenters. The maximum Gasteiger partial charge on any atom is 0.417 e. The van der Waals surface area contributed by atoms with Gasteiger partial charge < -0.3 is 5.32 Å². The lowest BCUT2D eigenvalue weighted by Crippen LogP contribution is -2.45. The summed E-state index contributed by atoms with van der Waals surface area (Å²) in [5.41, 5.74) is -0.813. The first-order valence-electron chi connectivity index (χ1n) is 7.46. The summed E-state index contributed by atoms with van der Waals surface area (Å²) in [6, 6.07) is 2.61. The van der Waals surface area contributed by atoms with Crippen molar-refractivity contribution in [1.29, 1.82) is 0 Å². The number of benzene rings is 1. The summed E-state index contributed by atoms with van der Waals surface area (Å²) in [4.78, 5) is 1.78. The molecule has 2 rings (SSSR count). The van der Waals surface area contributed by atoms with Gasteiger partial charge in [0.05, 0.1) is 10.6 Å². The highest BCUT2D eigenvalue weighted by molar-refractivity contribution is 6.31. The Morgan fingerprint density at radius 1 is 1.08 bits per heavy atom. The van der Waals surface area contributed by atoms with Gasteiger partial charge in [0.1, 0.15) is 0 Å². The van der Waals surface area contributed by atoms with E-state index in [1.165, 1.54) is 6.07 Å². The van der Waals surface area contributed by atoms with Crippen LogP contribution in [0.1, 0.15) is 30.0 Å². The van der Waals surface area contributed by atoms with Crippen LogP contribution in [-0.4, -0.2) is 37.3 Å². The predicted molar refractivity (Wildman–Crippen MR) is 78.9 cm³/mol. The summed E-state index contributed by atoms with van der Waals surface area (Å²) < 4.78 is 76.9. The highest BCUT2D eigenvalue weighted by atomic mass is 35.5. The third-order valence-electron chi connectivity index (χ3n) is 3.97. The summed E-state index contributed by atoms with van der Waals surface area (Å²) in [5, 5.41) is 2.62. The zero-order chi connectivity index (χ0) is 18.0. The number of halogens is 7. The molecule has 1 saturated heterocycles. The second-order valence-corrected chi connectivity index (χ2v) is 6.10. The lowest BCUT2D eigenvalue weighted by molar-refractivity contribution is -0.140. The number of alkyl halides is 6. The van der Waals surface area contributed by atoms with Crippen molar-refractivity contribution in [3.63, 3.8) is 0 Å². The van der Waals surface area contributed by atoms with Gasteiger partial charge in [-0.3, -0.25) is 4.90 Å². The van der Waals surface area contributed by atoms with Crippen LogP contribution >= 0.6 is 11.6 Å². The molecule has 1 aliphatic heterocycles. The SMILES string of the molecule is FC(F)(F)CC[C@@H](c1ccc(Cl)c(C(F)(F)F)c1)N1CCNCC1. The molecule has 0 amide bonds. The van der Waals surface area contributed by atoms with Crippen LogP contribution in [0.2, 0.25) is 5.02 Å². The molecule has 24 heavy (non-hydrogen) atoms. The summed E-state index contributed by atoms with van der Waals surface area (Å²) in [6.07, 6.45) is -10.3. The molecule has 0 aromatic heterocycles. The van der Waals surface area contributed by atoms with Gasteiger partial charge >= 0.3 is 12.4 Å². The van der Waals surface area contributed by atoms with E-state index in [0.717, 1.165) is 12.1 Å². The van der Waals surface area contributed by atoms with E-state index in [1.807, 2.05) is 0 Å². The molecule has 1 aromatic carbocycles. The van der Waals surface area contributed by atoms with Crippen molar-refractivity contribution in [3.8, 4) is 0 Å². The van der Waals surface area contributed by atoms with E-state index >= 15 is 0 Å². The van der Waals surface area contributed by atoms with Crippen LogP contribution in [0.3, 0.4) is 0 Å². The first-order valence-corrected chi connectivity index (χ1v) is 7.84. The molecule has 1 aromatic rings. The monoisotopic (exact) mass is 374 g/mol. The summed E-state index contributed by atoms with van der Waals surface area (Å²) >= 11 is 5.60. The fourth-order valence-corrected chi connectivity index (χ4v) is 3.05. The van der Waals surface area contributed by atoms with Crippen molar-refractivity contribution in [3.05, 3.63) is 34.3 Å². The Hall–Kier alpha value is -0.990. The summed E-state index contributed by atoms with van der Waals surface area (Å²) in [7, 11) is 0. The number of hydrogen-bond acceptors (Lipinski definition) is 2. The van der Waals surface area contributed by atoms with Crippen LogP contribution in [0.5, 0.6) is 0 Å². The number of piperazine rings is 1. The highest BCUT2D eigenvalue weighted by Gasteiger charge is 2.36. The van der Waals surface area contributed by atoms with E-state index in [1.54, 1.807) is 4.90 Å². The van der Waals surface area contributed by atoms with Crippen LogP contribution < -0.4 is 5.32 Å².